The number of guanidine groups is 1. The van der Waals surface area contributed by atoms with Gasteiger partial charge in [0.25, 0.3) is 0 Å². The van der Waals surface area contributed by atoms with Gasteiger partial charge in [-0.2, -0.15) is 0 Å². The van der Waals surface area contributed by atoms with Gasteiger partial charge in [-0.1, -0.05) is 12.1 Å². The smallest absolute Gasteiger partial charge is 0.191 e. The van der Waals surface area contributed by atoms with Crippen LogP contribution in [0.1, 0.15) is 17.0 Å². The molecule has 0 amide bonds. The average molecular weight is 356 g/mol. The number of benzene rings is 1. The Morgan fingerprint density at radius 1 is 1.19 bits per heavy atom. The first-order valence-electron chi connectivity index (χ1n) is 8.20. The lowest BCUT2D eigenvalue weighted by Crippen LogP contribution is -2.36. The van der Waals surface area contributed by atoms with Crippen LogP contribution in [0.2, 0.25) is 0 Å². The van der Waals surface area contributed by atoms with E-state index < -0.39 is 0 Å². The Hall–Kier alpha value is -3.00. The van der Waals surface area contributed by atoms with Gasteiger partial charge in [0.05, 0.1) is 13.2 Å². The zero-order valence-corrected chi connectivity index (χ0v) is 14.7. The molecule has 8 heteroatoms. The van der Waals surface area contributed by atoms with Crippen LogP contribution < -0.4 is 10.6 Å². The molecule has 0 aliphatic rings. The topological polar surface area (TPSA) is 75.8 Å². The fourth-order valence-corrected chi connectivity index (χ4v) is 2.58. The molecule has 0 bridgehead atoms. The summed E-state index contributed by atoms with van der Waals surface area (Å²) >= 11 is 0. The summed E-state index contributed by atoms with van der Waals surface area (Å²) in [6.45, 7) is 1.23. The molecule has 3 rings (SSSR count). The minimum atomic E-state index is -0.267. The van der Waals surface area contributed by atoms with Gasteiger partial charge < -0.3 is 15.4 Å². The van der Waals surface area contributed by atoms with Crippen molar-refractivity contribution in [2.75, 3.05) is 14.2 Å². The lowest BCUT2D eigenvalue weighted by Gasteiger charge is -2.12. The van der Waals surface area contributed by atoms with Crippen molar-refractivity contribution in [1.82, 2.24) is 25.2 Å². The largest absolute Gasteiger partial charge is 0.380 e. The third kappa shape index (κ3) is 4.15. The zero-order valence-electron chi connectivity index (χ0n) is 14.7. The second-order valence-corrected chi connectivity index (χ2v) is 5.68. The van der Waals surface area contributed by atoms with E-state index in [2.05, 4.69) is 25.8 Å². The van der Waals surface area contributed by atoms with Gasteiger partial charge in [-0.25, -0.2) is 4.39 Å². The van der Waals surface area contributed by atoms with Crippen LogP contribution in [0.4, 0.5) is 4.39 Å². The van der Waals surface area contributed by atoms with Crippen molar-refractivity contribution < 1.29 is 9.13 Å². The Kier molecular flexibility index (Phi) is 5.75. The molecule has 2 N–H and O–H groups in total. The lowest BCUT2D eigenvalue weighted by molar-refractivity contribution is 0.181. The first-order valence-corrected chi connectivity index (χ1v) is 8.20. The molecule has 0 fully saturated rings. The normalized spacial score (nSPS) is 11.7. The van der Waals surface area contributed by atoms with Crippen molar-refractivity contribution in [1.29, 1.82) is 0 Å². The summed E-state index contributed by atoms with van der Waals surface area (Å²) < 4.78 is 20.6. The van der Waals surface area contributed by atoms with E-state index in [1.165, 1.54) is 6.07 Å². The summed E-state index contributed by atoms with van der Waals surface area (Å²) in [5.41, 5.74) is 2.27. The van der Waals surface area contributed by atoms with Crippen molar-refractivity contribution in [2.24, 2.45) is 4.99 Å². The van der Waals surface area contributed by atoms with Crippen LogP contribution >= 0.6 is 0 Å². The van der Waals surface area contributed by atoms with Crippen molar-refractivity contribution in [2.45, 2.75) is 19.7 Å². The van der Waals surface area contributed by atoms with Crippen LogP contribution in [0.15, 0.2) is 47.6 Å². The number of halogens is 1. The Balaban J connectivity index is 1.59. The number of pyridine rings is 1. The monoisotopic (exact) mass is 356 g/mol. The summed E-state index contributed by atoms with van der Waals surface area (Å²) in [4.78, 5) is 4.20. The fourth-order valence-electron chi connectivity index (χ4n) is 2.58. The van der Waals surface area contributed by atoms with E-state index in [0.29, 0.717) is 24.6 Å². The van der Waals surface area contributed by atoms with Crippen LogP contribution in [-0.2, 0) is 24.4 Å². The van der Waals surface area contributed by atoms with Gasteiger partial charge in [-0.15, -0.1) is 10.2 Å². The van der Waals surface area contributed by atoms with Crippen LogP contribution in [0.5, 0.6) is 0 Å². The molecule has 0 saturated heterocycles. The standard InChI is InChI=1S/C18H21FN6O/c1-20-18(21-10-13-6-7-15(19)14(9-13)12-26-2)22-11-17-24-23-16-5-3-4-8-25(16)17/h3-9H,10-12H2,1-2H3,(H2,20,21,22). The van der Waals surface area contributed by atoms with Crippen molar-refractivity contribution in [3.8, 4) is 0 Å². The predicted octanol–water partition coefficient (Wildman–Crippen LogP) is 1.88. The molecule has 3 aromatic rings. The molecule has 0 aliphatic heterocycles. The van der Waals surface area contributed by atoms with Crippen molar-refractivity contribution in [3.05, 3.63) is 65.4 Å². The highest BCUT2D eigenvalue weighted by Gasteiger charge is 2.07. The van der Waals surface area contributed by atoms with E-state index in [-0.39, 0.29) is 12.4 Å². The van der Waals surface area contributed by atoms with Gasteiger partial charge in [0.2, 0.25) is 0 Å². The van der Waals surface area contributed by atoms with E-state index in [4.69, 9.17) is 4.74 Å². The first kappa shape index (κ1) is 17.8. The van der Waals surface area contributed by atoms with Crippen LogP contribution in [0.25, 0.3) is 5.65 Å². The Labute approximate surface area is 150 Å². The number of ether oxygens (including phenoxy) is 1. The molecular formula is C18H21FN6O. The summed E-state index contributed by atoms with van der Waals surface area (Å²) in [7, 11) is 3.24. The number of aromatic nitrogens is 3. The highest BCUT2D eigenvalue weighted by atomic mass is 19.1. The van der Waals surface area contributed by atoms with Gasteiger partial charge in [-0.05, 0) is 29.8 Å². The summed E-state index contributed by atoms with van der Waals surface area (Å²) in [6.07, 6.45) is 1.92. The maximum atomic E-state index is 13.7. The van der Waals surface area contributed by atoms with Crippen LogP contribution in [-0.4, -0.2) is 34.7 Å². The maximum Gasteiger partial charge on any atom is 0.191 e. The van der Waals surface area contributed by atoms with Crippen LogP contribution in [0.3, 0.4) is 0 Å². The predicted molar refractivity (Wildman–Crippen MR) is 97.1 cm³/mol. The zero-order chi connectivity index (χ0) is 18.4. The molecule has 136 valence electrons. The molecular weight excluding hydrogens is 335 g/mol. The third-order valence-corrected chi connectivity index (χ3v) is 3.89. The quantitative estimate of drug-likeness (QED) is 0.521. The summed E-state index contributed by atoms with van der Waals surface area (Å²) in [6, 6.07) is 10.7. The Morgan fingerprint density at radius 2 is 2.04 bits per heavy atom. The molecule has 0 unspecified atom stereocenters. The van der Waals surface area contributed by atoms with E-state index in [9.17, 15) is 4.39 Å². The van der Waals surface area contributed by atoms with Gasteiger partial charge in [-0.3, -0.25) is 9.39 Å². The molecule has 0 radical (unpaired) electrons. The highest BCUT2D eigenvalue weighted by molar-refractivity contribution is 5.79. The van der Waals surface area contributed by atoms with Crippen molar-refractivity contribution in [3.63, 3.8) is 0 Å². The van der Waals surface area contributed by atoms with E-state index >= 15 is 0 Å². The maximum absolute atomic E-state index is 13.7. The molecule has 2 heterocycles. The molecule has 0 spiro atoms. The van der Waals surface area contributed by atoms with Gasteiger partial charge in [0, 0.05) is 32.5 Å². The van der Waals surface area contributed by atoms with E-state index in [1.807, 2.05) is 28.8 Å². The number of methoxy groups -OCH3 is 1. The molecule has 0 saturated carbocycles. The van der Waals surface area contributed by atoms with Crippen LogP contribution in [0, 0.1) is 5.82 Å². The number of fused-ring (bicyclic) bond motifs is 1. The number of rotatable bonds is 6. The van der Waals surface area contributed by atoms with Crippen molar-refractivity contribution >= 4 is 11.6 Å². The molecule has 0 aliphatic carbocycles. The van der Waals surface area contributed by atoms with E-state index in [0.717, 1.165) is 17.0 Å². The lowest BCUT2D eigenvalue weighted by atomic mass is 10.1. The number of hydrogen-bond donors (Lipinski definition) is 2. The summed E-state index contributed by atoms with van der Waals surface area (Å²) in [5.74, 6) is 1.14. The Bertz CT molecular complexity index is 908. The minimum absolute atomic E-state index is 0.243. The molecule has 26 heavy (non-hydrogen) atoms. The second kappa shape index (κ2) is 8.39. The third-order valence-electron chi connectivity index (χ3n) is 3.89. The molecule has 0 atom stereocenters. The average Bonchev–Trinajstić information content (AvgIpc) is 3.08. The fraction of sp³-hybridized carbons (Fsp3) is 0.278. The van der Waals surface area contributed by atoms with Gasteiger partial charge >= 0.3 is 0 Å². The summed E-state index contributed by atoms with van der Waals surface area (Å²) in [5, 5.41) is 14.7. The Morgan fingerprint density at radius 3 is 2.85 bits per heavy atom. The SMILES string of the molecule is CN=C(NCc1ccc(F)c(COC)c1)NCc1nnc2ccccn12. The number of nitrogens with one attached hydrogen (secondary N) is 2. The minimum Gasteiger partial charge on any atom is -0.380 e. The van der Waals surface area contributed by atoms with Gasteiger partial charge in [0.1, 0.15) is 5.82 Å². The second-order valence-electron chi connectivity index (χ2n) is 5.68. The number of nitrogens with zero attached hydrogens (tertiary/aromatic N) is 4. The highest BCUT2D eigenvalue weighted by Crippen LogP contribution is 2.11. The van der Waals surface area contributed by atoms with Gasteiger partial charge in [0.15, 0.2) is 17.4 Å². The first-order chi connectivity index (χ1) is 12.7. The number of aliphatic imine (C=N–C) groups is 1. The van der Waals surface area contributed by atoms with E-state index in [1.54, 1.807) is 26.3 Å². The number of hydrogen-bond acceptors (Lipinski definition) is 4. The molecule has 2 aromatic heterocycles. The molecule has 7 nitrogen and oxygen atoms in total. The molecule has 1 aromatic carbocycles.